The number of nitrogens with two attached hydrogens (primary N) is 1. The normalized spacial score (nSPS) is 11.8. The molecule has 0 spiro atoms. The second-order valence-corrected chi connectivity index (χ2v) is 5.87. The highest BCUT2D eigenvalue weighted by Crippen LogP contribution is 2.19. The van der Waals surface area contributed by atoms with E-state index in [0.29, 0.717) is 0 Å². The van der Waals surface area contributed by atoms with Crippen LogP contribution in [-0.4, -0.2) is 28.1 Å². The molecule has 2 N–H and O–H groups in total. The van der Waals surface area contributed by atoms with Crippen molar-refractivity contribution in [2.24, 2.45) is 5.73 Å². The molecule has 1 heterocycles. The van der Waals surface area contributed by atoms with E-state index in [4.69, 9.17) is 15.7 Å². The second-order valence-electron chi connectivity index (χ2n) is 5.87. The number of allylic oxidation sites excluding steroid dienone is 1. The molecule has 0 fully saturated rings. The molecular formula is C20H20N4O3. The number of aryl methyl sites for hydroxylation is 1. The molecule has 138 valence electrons. The smallest absolute Gasteiger partial charge is 0.331 e. The molecule has 0 radical (unpaired) electrons. The van der Waals surface area contributed by atoms with E-state index >= 15 is 0 Å². The average Bonchev–Trinajstić information content (AvgIpc) is 2.93. The molecule has 1 aromatic heterocycles. The summed E-state index contributed by atoms with van der Waals surface area (Å²) in [5, 5.41) is 13.4. The van der Waals surface area contributed by atoms with E-state index in [9.17, 15) is 9.59 Å². The summed E-state index contributed by atoms with van der Waals surface area (Å²) in [5.74, 6) is -1.33. The fourth-order valence-corrected chi connectivity index (χ4v) is 2.50. The van der Waals surface area contributed by atoms with Gasteiger partial charge in [0.15, 0.2) is 6.61 Å². The molecule has 0 saturated carbocycles. The van der Waals surface area contributed by atoms with Crippen molar-refractivity contribution in [1.29, 1.82) is 5.26 Å². The molecule has 1 aromatic carbocycles. The lowest BCUT2D eigenvalue weighted by Gasteiger charge is -2.04. The number of benzene rings is 1. The minimum absolute atomic E-state index is 0.0914. The van der Waals surface area contributed by atoms with Gasteiger partial charge in [-0.15, -0.1) is 0 Å². The van der Waals surface area contributed by atoms with E-state index in [0.717, 1.165) is 22.6 Å². The number of esters is 1. The van der Waals surface area contributed by atoms with Crippen molar-refractivity contribution in [2.75, 3.05) is 6.61 Å². The summed E-state index contributed by atoms with van der Waals surface area (Å²) in [6, 6.07) is 11.3. The van der Waals surface area contributed by atoms with E-state index in [2.05, 4.69) is 5.10 Å². The number of rotatable bonds is 6. The standard InChI is InChI=1S/C20H20N4O3/c1-13(22)18(11-21)19(25)12-27-20(26)10-9-17-14(2)23-24(15(17)3)16-7-5-4-6-8-16/h4-10H,12,22H2,1-3H3/b10-9+,18-13+. The number of nitrogens with zero attached hydrogens (tertiary/aromatic N) is 3. The molecule has 7 heteroatoms. The van der Waals surface area contributed by atoms with Gasteiger partial charge in [0.2, 0.25) is 5.78 Å². The number of ketones is 1. The predicted molar refractivity (Wildman–Crippen MR) is 101 cm³/mol. The summed E-state index contributed by atoms with van der Waals surface area (Å²) in [7, 11) is 0. The number of carbonyl (C=O) groups excluding carboxylic acids is 2. The fraction of sp³-hybridized carbons (Fsp3) is 0.200. The molecule has 0 aliphatic carbocycles. The molecule has 0 atom stereocenters. The summed E-state index contributed by atoms with van der Waals surface area (Å²) in [6.45, 7) is 4.64. The van der Waals surface area contributed by atoms with Gasteiger partial charge in [-0.1, -0.05) is 18.2 Å². The molecule has 0 aliphatic heterocycles. The highest BCUT2D eigenvalue weighted by molar-refractivity contribution is 6.01. The largest absolute Gasteiger partial charge is 0.454 e. The van der Waals surface area contributed by atoms with Crippen LogP contribution in [0.15, 0.2) is 47.7 Å². The van der Waals surface area contributed by atoms with Crippen LogP contribution in [0.3, 0.4) is 0 Å². The van der Waals surface area contributed by atoms with Crippen LogP contribution in [0.25, 0.3) is 11.8 Å². The van der Waals surface area contributed by atoms with E-state index in [1.807, 2.05) is 44.2 Å². The van der Waals surface area contributed by atoms with E-state index in [1.54, 1.807) is 16.8 Å². The van der Waals surface area contributed by atoms with Crippen molar-refractivity contribution in [3.63, 3.8) is 0 Å². The maximum absolute atomic E-state index is 11.9. The Morgan fingerprint density at radius 1 is 1.30 bits per heavy atom. The zero-order chi connectivity index (χ0) is 20.0. The zero-order valence-corrected chi connectivity index (χ0v) is 15.4. The molecule has 0 bridgehead atoms. The summed E-state index contributed by atoms with van der Waals surface area (Å²) < 4.78 is 6.68. The van der Waals surface area contributed by atoms with Gasteiger partial charge in [0.1, 0.15) is 11.6 Å². The number of hydrogen-bond donors (Lipinski definition) is 1. The average molecular weight is 364 g/mol. The Balaban J connectivity index is 2.09. The Morgan fingerprint density at radius 3 is 2.56 bits per heavy atom. The zero-order valence-electron chi connectivity index (χ0n) is 15.4. The van der Waals surface area contributed by atoms with Crippen molar-refractivity contribution in [1.82, 2.24) is 9.78 Å². The summed E-state index contributed by atoms with van der Waals surface area (Å²) in [5.41, 5.74) is 8.66. The third kappa shape index (κ3) is 4.70. The monoisotopic (exact) mass is 364 g/mol. The maximum atomic E-state index is 11.9. The predicted octanol–water partition coefficient (Wildman–Crippen LogP) is 2.37. The number of hydrogen-bond acceptors (Lipinski definition) is 6. The van der Waals surface area contributed by atoms with Gasteiger partial charge in [-0.2, -0.15) is 10.4 Å². The molecule has 0 amide bonds. The van der Waals surface area contributed by atoms with Crippen LogP contribution in [0.1, 0.15) is 23.9 Å². The van der Waals surface area contributed by atoms with Crippen molar-refractivity contribution in [3.05, 3.63) is 64.6 Å². The Kier molecular flexibility index (Phi) is 6.28. The van der Waals surface area contributed by atoms with E-state index in [1.165, 1.54) is 13.0 Å². The molecule has 0 aliphatic rings. The molecule has 2 rings (SSSR count). The lowest BCUT2D eigenvalue weighted by atomic mass is 10.1. The van der Waals surface area contributed by atoms with Crippen LogP contribution in [0.2, 0.25) is 0 Å². The Bertz CT molecular complexity index is 959. The van der Waals surface area contributed by atoms with Gasteiger partial charge in [-0.3, -0.25) is 4.79 Å². The van der Waals surface area contributed by atoms with Crippen LogP contribution < -0.4 is 5.73 Å². The number of ether oxygens (including phenoxy) is 1. The highest BCUT2D eigenvalue weighted by Gasteiger charge is 2.14. The minimum atomic E-state index is -0.693. The SMILES string of the molecule is C/C(N)=C(/C#N)C(=O)COC(=O)/C=C/c1c(C)nn(-c2ccccc2)c1C. The number of para-hydroxylation sites is 1. The molecular weight excluding hydrogens is 344 g/mol. The summed E-state index contributed by atoms with van der Waals surface area (Å²) in [4.78, 5) is 23.7. The molecule has 27 heavy (non-hydrogen) atoms. The third-order valence-electron chi connectivity index (χ3n) is 3.86. The van der Waals surface area contributed by atoms with Gasteiger partial charge in [0.05, 0.1) is 11.4 Å². The number of carbonyl (C=O) groups is 2. The van der Waals surface area contributed by atoms with Gasteiger partial charge in [0.25, 0.3) is 0 Å². The second kappa shape index (κ2) is 8.63. The first-order valence-corrected chi connectivity index (χ1v) is 8.21. The first-order valence-electron chi connectivity index (χ1n) is 8.21. The van der Waals surface area contributed by atoms with Crippen LogP contribution in [0, 0.1) is 25.2 Å². The summed E-state index contributed by atoms with van der Waals surface area (Å²) in [6.07, 6.45) is 2.82. The Morgan fingerprint density at radius 2 is 1.96 bits per heavy atom. The summed E-state index contributed by atoms with van der Waals surface area (Å²) >= 11 is 0. The Labute approximate surface area is 157 Å². The van der Waals surface area contributed by atoms with Gasteiger partial charge in [0, 0.05) is 23.0 Å². The van der Waals surface area contributed by atoms with Crippen LogP contribution in [-0.2, 0) is 14.3 Å². The van der Waals surface area contributed by atoms with Gasteiger partial charge >= 0.3 is 5.97 Å². The number of Topliss-reactive ketones (excluding diaryl/α,β-unsaturated/α-hetero) is 1. The maximum Gasteiger partial charge on any atom is 0.331 e. The Hall–Kier alpha value is -3.66. The highest BCUT2D eigenvalue weighted by atomic mass is 16.5. The first kappa shape index (κ1) is 19.7. The molecule has 0 unspecified atom stereocenters. The van der Waals surface area contributed by atoms with Gasteiger partial charge in [-0.25, -0.2) is 9.48 Å². The lowest BCUT2D eigenvalue weighted by molar-refractivity contribution is -0.141. The van der Waals surface area contributed by atoms with Crippen LogP contribution in [0.5, 0.6) is 0 Å². The quantitative estimate of drug-likeness (QED) is 0.478. The van der Waals surface area contributed by atoms with E-state index in [-0.39, 0.29) is 11.3 Å². The first-order chi connectivity index (χ1) is 12.8. The molecule has 7 nitrogen and oxygen atoms in total. The lowest BCUT2D eigenvalue weighted by Crippen LogP contribution is -2.16. The van der Waals surface area contributed by atoms with Crippen LogP contribution in [0.4, 0.5) is 0 Å². The van der Waals surface area contributed by atoms with Crippen molar-refractivity contribution >= 4 is 17.8 Å². The molecule has 2 aromatic rings. The van der Waals surface area contributed by atoms with Crippen molar-refractivity contribution in [2.45, 2.75) is 20.8 Å². The van der Waals surface area contributed by atoms with Crippen molar-refractivity contribution < 1.29 is 14.3 Å². The van der Waals surface area contributed by atoms with Crippen LogP contribution >= 0.6 is 0 Å². The van der Waals surface area contributed by atoms with Gasteiger partial charge in [-0.05, 0) is 39.0 Å². The minimum Gasteiger partial charge on any atom is -0.454 e. The third-order valence-corrected chi connectivity index (χ3v) is 3.86. The fourth-order valence-electron chi connectivity index (χ4n) is 2.50. The van der Waals surface area contributed by atoms with Gasteiger partial charge < -0.3 is 10.5 Å². The number of aromatic nitrogens is 2. The van der Waals surface area contributed by atoms with Crippen molar-refractivity contribution in [3.8, 4) is 11.8 Å². The topological polar surface area (TPSA) is 111 Å². The number of nitriles is 1. The molecule has 0 saturated heterocycles. The van der Waals surface area contributed by atoms with E-state index < -0.39 is 18.4 Å².